The van der Waals surface area contributed by atoms with E-state index >= 15 is 4.39 Å². The van der Waals surface area contributed by atoms with Crippen molar-refractivity contribution >= 4 is 40.2 Å². The van der Waals surface area contributed by atoms with Gasteiger partial charge < -0.3 is 51.4 Å². The Labute approximate surface area is 380 Å². The van der Waals surface area contributed by atoms with E-state index in [-0.39, 0.29) is 73.7 Å². The minimum absolute atomic E-state index is 0.0638. The lowest BCUT2D eigenvalue weighted by atomic mass is 9.81. The normalized spacial score (nSPS) is 15.9. The monoisotopic (exact) mass is 910 g/mol. The first-order valence-corrected chi connectivity index (χ1v) is 22.3. The summed E-state index contributed by atoms with van der Waals surface area (Å²) in [6, 6.07) is 21.4. The SMILES string of the molecule is CC(C)C[C@@H](NC(=O)[C@H](O)[C@@H](N)Cc1ccccc1)C(=O)NCCOCCOc1cc2c(cc1Oc1ccc(-c3ccc(C(=O)O)cc3)c(F)c1)[C@@](C)(CC(=O)Nc1nccs1)NCC2. The van der Waals surface area contributed by atoms with Gasteiger partial charge in [-0.15, -0.1) is 11.3 Å². The Hall–Kier alpha value is -6.24. The first-order valence-electron chi connectivity index (χ1n) is 21.4. The number of hydrogen-bond donors (Lipinski definition) is 7. The molecule has 65 heavy (non-hydrogen) atoms. The molecule has 0 aliphatic carbocycles. The second-order valence-electron chi connectivity index (χ2n) is 16.4. The fraction of sp³-hybridized carbons (Fsp3) is 0.354. The number of benzene rings is 4. The number of carbonyl (C=O) groups is 4. The first kappa shape index (κ1) is 48.2. The molecule has 3 amide bonds. The molecule has 0 radical (unpaired) electrons. The number of nitrogens with two attached hydrogens (primary N) is 1. The molecule has 1 aromatic heterocycles. The maximum Gasteiger partial charge on any atom is 0.335 e. The molecule has 15 nitrogen and oxygen atoms in total. The molecule has 0 bridgehead atoms. The van der Waals surface area contributed by atoms with Crippen molar-refractivity contribution in [3.63, 3.8) is 0 Å². The van der Waals surface area contributed by atoms with Crippen LogP contribution in [0, 0.1) is 11.7 Å². The van der Waals surface area contributed by atoms with Crippen LogP contribution >= 0.6 is 11.3 Å². The van der Waals surface area contributed by atoms with Crippen molar-refractivity contribution in [2.75, 3.05) is 38.2 Å². The molecule has 0 saturated carbocycles. The summed E-state index contributed by atoms with van der Waals surface area (Å²) in [6.45, 7) is 6.85. The third-order valence-corrected chi connectivity index (χ3v) is 11.5. The number of aromatic nitrogens is 1. The summed E-state index contributed by atoms with van der Waals surface area (Å²) in [5, 5.41) is 34.0. The second kappa shape index (κ2) is 22.6. The molecular formula is C48H55FN6O9S. The van der Waals surface area contributed by atoms with Gasteiger partial charge in [0.1, 0.15) is 30.3 Å². The quantitative estimate of drug-likeness (QED) is 0.0410. The van der Waals surface area contributed by atoms with Gasteiger partial charge in [-0.05, 0) is 90.8 Å². The van der Waals surface area contributed by atoms with Crippen LogP contribution in [0.3, 0.4) is 0 Å². The lowest BCUT2D eigenvalue weighted by Gasteiger charge is -2.37. The van der Waals surface area contributed by atoms with Crippen molar-refractivity contribution in [3.8, 4) is 28.4 Å². The zero-order chi connectivity index (χ0) is 46.5. The molecule has 0 fully saturated rings. The molecule has 344 valence electrons. The predicted octanol–water partition coefficient (Wildman–Crippen LogP) is 5.80. The lowest BCUT2D eigenvalue weighted by molar-refractivity contribution is -0.135. The standard InChI is InChI=1S/C48H55FN6O9S/c1-29(2)23-39(54-45(59)43(57)38(50)24-30-7-5-4-6-8-30)44(58)51-17-19-62-20-21-63-40-25-33-15-16-53-48(3,28-42(56)55-47-52-18-22-65-47)36(33)27-41(40)64-34-13-14-35(37(49)26-34)31-9-11-32(12-10-31)46(60)61/h4-14,18,22,25-27,29,38-39,43,53,57H,15-17,19-21,23-24,28,50H2,1-3H3,(H,51,58)(H,54,59)(H,60,61)(H,52,55,56)/t38-,39+,43+,48+/m0/s1. The van der Waals surface area contributed by atoms with Crippen molar-refractivity contribution in [3.05, 3.63) is 125 Å². The number of rotatable bonds is 22. The number of anilines is 1. The number of carboxylic acids is 1. The Kier molecular flexibility index (Phi) is 16.8. The van der Waals surface area contributed by atoms with Crippen LogP contribution in [0.25, 0.3) is 11.1 Å². The number of nitrogens with zero attached hydrogens (tertiary/aromatic N) is 1. The van der Waals surface area contributed by atoms with E-state index in [0.29, 0.717) is 35.8 Å². The van der Waals surface area contributed by atoms with Gasteiger partial charge in [-0.3, -0.25) is 14.4 Å². The molecule has 5 aromatic rings. The molecule has 1 aliphatic rings. The average Bonchev–Trinajstić information content (AvgIpc) is 3.79. The van der Waals surface area contributed by atoms with Crippen LogP contribution in [-0.2, 0) is 37.5 Å². The van der Waals surface area contributed by atoms with E-state index in [1.54, 1.807) is 29.8 Å². The average molecular weight is 911 g/mol. The number of carbonyl (C=O) groups excluding carboxylic acids is 3. The maximum atomic E-state index is 15.6. The fourth-order valence-electron chi connectivity index (χ4n) is 7.56. The number of aliphatic hydroxyl groups is 1. The van der Waals surface area contributed by atoms with E-state index < -0.39 is 47.3 Å². The number of halogens is 1. The van der Waals surface area contributed by atoms with Crippen LogP contribution < -0.4 is 36.5 Å². The minimum Gasteiger partial charge on any atom is -0.487 e. The number of aliphatic hydroxyl groups excluding tert-OH is 1. The summed E-state index contributed by atoms with van der Waals surface area (Å²) in [5.74, 6) is -2.17. The number of thiazole rings is 1. The zero-order valence-corrected chi connectivity index (χ0v) is 37.3. The Morgan fingerprint density at radius 1 is 0.969 bits per heavy atom. The van der Waals surface area contributed by atoms with Crippen LogP contribution in [0.15, 0.2) is 96.5 Å². The number of fused-ring (bicyclic) bond motifs is 1. The first-order chi connectivity index (χ1) is 31.2. The Balaban J connectivity index is 1.09. The number of amides is 3. The highest BCUT2D eigenvalue weighted by Gasteiger charge is 2.36. The Morgan fingerprint density at radius 2 is 1.74 bits per heavy atom. The van der Waals surface area contributed by atoms with Gasteiger partial charge in [0.25, 0.3) is 5.91 Å². The number of nitrogens with one attached hydrogen (secondary N) is 4. The van der Waals surface area contributed by atoms with Crippen LogP contribution in [-0.4, -0.2) is 90.0 Å². The molecule has 0 spiro atoms. The number of ether oxygens (including phenoxy) is 3. The van der Waals surface area contributed by atoms with Crippen LogP contribution in [0.5, 0.6) is 17.2 Å². The molecule has 17 heteroatoms. The molecule has 0 unspecified atom stereocenters. The largest absolute Gasteiger partial charge is 0.487 e. The molecule has 1 aliphatic heterocycles. The van der Waals surface area contributed by atoms with Gasteiger partial charge in [0.05, 0.1) is 18.8 Å². The molecule has 8 N–H and O–H groups in total. The highest BCUT2D eigenvalue weighted by molar-refractivity contribution is 7.13. The molecular weight excluding hydrogens is 856 g/mol. The molecule has 4 aromatic carbocycles. The third kappa shape index (κ3) is 13.4. The summed E-state index contributed by atoms with van der Waals surface area (Å²) in [4.78, 5) is 54.8. The van der Waals surface area contributed by atoms with Gasteiger partial charge in [0.2, 0.25) is 11.8 Å². The van der Waals surface area contributed by atoms with Crippen molar-refractivity contribution in [2.45, 2.75) is 70.2 Å². The van der Waals surface area contributed by atoms with Crippen molar-refractivity contribution in [2.24, 2.45) is 11.7 Å². The van der Waals surface area contributed by atoms with Crippen LogP contribution in [0.4, 0.5) is 9.52 Å². The summed E-state index contributed by atoms with van der Waals surface area (Å²) < 4.78 is 33.9. The molecule has 4 atom stereocenters. The zero-order valence-electron chi connectivity index (χ0n) is 36.5. The van der Waals surface area contributed by atoms with Crippen molar-refractivity contribution < 1.29 is 48.0 Å². The van der Waals surface area contributed by atoms with Crippen molar-refractivity contribution in [1.29, 1.82) is 0 Å². The smallest absolute Gasteiger partial charge is 0.335 e. The summed E-state index contributed by atoms with van der Waals surface area (Å²) >= 11 is 1.32. The summed E-state index contributed by atoms with van der Waals surface area (Å²) in [7, 11) is 0. The van der Waals surface area contributed by atoms with Gasteiger partial charge in [-0.25, -0.2) is 14.2 Å². The van der Waals surface area contributed by atoms with Gasteiger partial charge in [-0.2, -0.15) is 0 Å². The Bertz CT molecular complexity index is 2400. The third-order valence-electron chi connectivity index (χ3n) is 10.8. The maximum absolute atomic E-state index is 15.6. The van der Waals surface area contributed by atoms with Gasteiger partial charge in [0, 0.05) is 54.3 Å². The van der Waals surface area contributed by atoms with E-state index in [0.717, 1.165) is 16.7 Å². The topological polar surface area (TPSA) is 223 Å². The molecule has 6 rings (SSSR count). The Morgan fingerprint density at radius 3 is 2.43 bits per heavy atom. The van der Waals surface area contributed by atoms with E-state index in [9.17, 15) is 29.4 Å². The lowest BCUT2D eigenvalue weighted by Crippen LogP contribution is -2.54. The summed E-state index contributed by atoms with van der Waals surface area (Å²) in [6.07, 6.45) is 1.44. The van der Waals surface area contributed by atoms with E-state index in [1.807, 2.05) is 57.2 Å². The van der Waals surface area contributed by atoms with Gasteiger partial charge >= 0.3 is 5.97 Å². The number of hydrogen-bond acceptors (Lipinski definition) is 12. The number of aromatic carboxylic acids is 1. The fourth-order valence-corrected chi connectivity index (χ4v) is 8.10. The highest BCUT2D eigenvalue weighted by atomic mass is 32.1. The minimum atomic E-state index is -1.51. The number of carboxylic acid groups (broad SMARTS) is 1. The van der Waals surface area contributed by atoms with Crippen LogP contribution in [0.2, 0.25) is 0 Å². The molecule has 0 saturated heterocycles. The van der Waals surface area contributed by atoms with E-state index in [2.05, 4.69) is 26.3 Å². The predicted molar refractivity (Wildman–Crippen MR) is 245 cm³/mol. The van der Waals surface area contributed by atoms with Crippen LogP contribution in [0.1, 0.15) is 60.7 Å². The van der Waals surface area contributed by atoms with Crippen molar-refractivity contribution in [1.82, 2.24) is 20.9 Å². The van der Waals surface area contributed by atoms with E-state index in [1.165, 1.54) is 41.7 Å². The second-order valence-corrected chi connectivity index (χ2v) is 17.3. The van der Waals surface area contributed by atoms with E-state index in [4.69, 9.17) is 19.9 Å². The van der Waals surface area contributed by atoms with Gasteiger partial charge in [0.15, 0.2) is 16.6 Å². The molecule has 2 heterocycles. The van der Waals surface area contributed by atoms with Gasteiger partial charge in [-0.1, -0.05) is 56.3 Å². The summed E-state index contributed by atoms with van der Waals surface area (Å²) in [5.41, 5.74) is 8.78. The highest BCUT2D eigenvalue weighted by Crippen LogP contribution is 2.42.